The summed E-state index contributed by atoms with van der Waals surface area (Å²) in [7, 11) is -1.01. The van der Waals surface area contributed by atoms with E-state index in [4.69, 9.17) is 0 Å². The first-order valence-electron chi connectivity index (χ1n) is 4.38. The molecule has 2 rings (SSSR count). The molecule has 1 aromatic heterocycles. The van der Waals surface area contributed by atoms with Crippen LogP contribution in [-0.4, -0.2) is 15.4 Å². The number of hydrogen-bond donors (Lipinski definition) is 0. The van der Waals surface area contributed by atoms with E-state index in [2.05, 4.69) is 4.98 Å². The summed E-state index contributed by atoms with van der Waals surface area (Å²) in [5.74, 6) is 0. The Labute approximate surface area is 85.4 Å². The van der Waals surface area contributed by atoms with Crippen LogP contribution in [0.3, 0.4) is 0 Å². The molecule has 0 radical (unpaired) electrons. The van der Waals surface area contributed by atoms with Gasteiger partial charge in [0.2, 0.25) is 0 Å². The van der Waals surface area contributed by atoms with Crippen molar-refractivity contribution in [1.29, 1.82) is 0 Å². The van der Waals surface area contributed by atoms with Crippen LogP contribution in [-0.2, 0) is 10.8 Å². The van der Waals surface area contributed by atoms with Gasteiger partial charge in [0.05, 0.1) is 16.3 Å². The van der Waals surface area contributed by atoms with Crippen LogP contribution in [0.2, 0.25) is 0 Å². The lowest BCUT2D eigenvalue weighted by atomic mass is 10.1. The third-order valence-electron chi connectivity index (χ3n) is 2.19. The maximum absolute atomic E-state index is 11.3. The Morgan fingerprint density at radius 2 is 2.00 bits per heavy atom. The predicted octanol–water partition coefficient (Wildman–Crippen LogP) is 2.28. The summed E-state index contributed by atoms with van der Waals surface area (Å²) in [6.45, 7) is 2.01. The zero-order valence-corrected chi connectivity index (χ0v) is 8.97. The quantitative estimate of drug-likeness (QED) is 0.715. The van der Waals surface area contributed by atoms with Gasteiger partial charge in [0.15, 0.2) is 0 Å². The predicted molar refractivity (Wildman–Crippen MR) is 58.8 cm³/mol. The lowest BCUT2D eigenvalue weighted by molar-refractivity contribution is 0.684. The Balaban J connectivity index is 2.78. The van der Waals surface area contributed by atoms with Crippen molar-refractivity contribution in [1.82, 2.24) is 4.98 Å². The Kier molecular flexibility index (Phi) is 2.33. The van der Waals surface area contributed by atoms with Gasteiger partial charge in [-0.2, -0.15) is 0 Å². The minimum absolute atomic E-state index is 0.654. The van der Waals surface area contributed by atoms with Gasteiger partial charge in [0, 0.05) is 11.6 Å². The molecule has 1 aromatic carbocycles. The minimum Gasteiger partial charge on any atom is -0.253 e. The van der Waals surface area contributed by atoms with E-state index in [0.717, 1.165) is 16.5 Å². The van der Waals surface area contributed by atoms with Gasteiger partial charge >= 0.3 is 0 Å². The Bertz CT molecular complexity index is 508. The van der Waals surface area contributed by atoms with Crippen molar-refractivity contribution in [3.8, 4) is 0 Å². The number of benzene rings is 1. The molecular formula is C11H11NOS. The van der Waals surface area contributed by atoms with Crippen LogP contribution in [0, 0.1) is 6.92 Å². The molecule has 0 N–H and O–H groups in total. The van der Waals surface area contributed by atoms with Crippen LogP contribution < -0.4 is 0 Å². The van der Waals surface area contributed by atoms with Gasteiger partial charge in [-0.05, 0) is 24.6 Å². The number of nitrogens with zero attached hydrogens (tertiary/aromatic N) is 1. The van der Waals surface area contributed by atoms with Gasteiger partial charge in [-0.3, -0.25) is 4.21 Å². The molecular weight excluding hydrogens is 194 g/mol. The van der Waals surface area contributed by atoms with Gasteiger partial charge in [-0.25, -0.2) is 4.98 Å². The standard InChI is InChI=1S/C11H11NOS/c1-8-7-11(14(2)13)12-10-6-4-3-5-9(8)10/h3-7H,1-2H3. The van der Waals surface area contributed by atoms with Gasteiger partial charge in [-0.15, -0.1) is 0 Å². The Hall–Kier alpha value is -1.22. The van der Waals surface area contributed by atoms with E-state index in [9.17, 15) is 4.21 Å². The highest BCUT2D eigenvalue weighted by Gasteiger charge is 2.04. The number of aryl methyl sites for hydroxylation is 1. The summed E-state index contributed by atoms with van der Waals surface area (Å²) in [6, 6.07) is 9.79. The monoisotopic (exact) mass is 205 g/mol. The second kappa shape index (κ2) is 3.50. The summed E-state index contributed by atoms with van der Waals surface area (Å²) in [5.41, 5.74) is 2.04. The highest BCUT2D eigenvalue weighted by atomic mass is 32.2. The van der Waals surface area contributed by atoms with Crippen molar-refractivity contribution in [2.24, 2.45) is 0 Å². The maximum atomic E-state index is 11.3. The van der Waals surface area contributed by atoms with E-state index in [1.807, 2.05) is 37.3 Å². The van der Waals surface area contributed by atoms with Crippen LogP contribution in [0.25, 0.3) is 10.9 Å². The van der Waals surface area contributed by atoms with Crippen LogP contribution in [0.15, 0.2) is 35.4 Å². The number of pyridine rings is 1. The molecule has 0 fully saturated rings. The van der Waals surface area contributed by atoms with E-state index in [1.54, 1.807) is 6.26 Å². The molecule has 2 aromatic rings. The van der Waals surface area contributed by atoms with Crippen molar-refractivity contribution in [2.45, 2.75) is 11.9 Å². The summed E-state index contributed by atoms with van der Waals surface area (Å²) in [5, 5.41) is 1.78. The highest BCUT2D eigenvalue weighted by Crippen LogP contribution is 2.18. The molecule has 1 unspecified atom stereocenters. The lowest BCUT2D eigenvalue weighted by Gasteiger charge is -2.03. The van der Waals surface area contributed by atoms with Gasteiger partial charge in [-0.1, -0.05) is 18.2 Å². The number of aromatic nitrogens is 1. The normalized spacial score (nSPS) is 13.0. The number of para-hydroxylation sites is 1. The molecule has 0 bridgehead atoms. The number of hydrogen-bond acceptors (Lipinski definition) is 2. The first kappa shape index (κ1) is 9.34. The van der Waals surface area contributed by atoms with Crippen molar-refractivity contribution in [3.05, 3.63) is 35.9 Å². The van der Waals surface area contributed by atoms with Crippen LogP contribution in [0.4, 0.5) is 0 Å². The first-order valence-corrected chi connectivity index (χ1v) is 5.94. The van der Waals surface area contributed by atoms with Gasteiger partial charge < -0.3 is 0 Å². The van der Waals surface area contributed by atoms with Gasteiger partial charge in [0.25, 0.3) is 0 Å². The molecule has 0 amide bonds. The SMILES string of the molecule is Cc1cc(S(C)=O)nc2ccccc12. The van der Waals surface area contributed by atoms with E-state index < -0.39 is 10.8 Å². The largest absolute Gasteiger partial charge is 0.253 e. The Morgan fingerprint density at radius 1 is 1.29 bits per heavy atom. The fourth-order valence-corrected chi connectivity index (χ4v) is 2.04. The fourth-order valence-electron chi connectivity index (χ4n) is 1.47. The second-order valence-electron chi connectivity index (χ2n) is 3.25. The molecule has 0 spiro atoms. The molecule has 3 heteroatoms. The third kappa shape index (κ3) is 1.55. The molecule has 1 atom stereocenters. The number of rotatable bonds is 1. The zero-order valence-electron chi connectivity index (χ0n) is 8.15. The average molecular weight is 205 g/mol. The van der Waals surface area contributed by atoms with Crippen LogP contribution >= 0.6 is 0 Å². The molecule has 0 aliphatic rings. The van der Waals surface area contributed by atoms with E-state index in [0.29, 0.717) is 5.03 Å². The first-order chi connectivity index (χ1) is 6.68. The summed E-state index contributed by atoms with van der Waals surface area (Å²) in [6.07, 6.45) is 1.65. The smallest absolute Gasteiger partial charge is 0.127 e. The molecule has 0 saturated heterocycles. The van der Waals surface area contributed by atoms with E-state index in [1.165, 1.54) is 0 Å². The Morgan fingerprint density at radius 3 is 2.71 bits per heavy atom. The van der Waals surface area contributed by atoms with E-state index >= 15 is 0 Å². The van der Waals surface area contributed by atoms with E-state index in [-0.39, 0.29) is 0 Å². The molecule has 0 saturated carbocycles. The maximum Gasteiger partial charge on any atom is 0.127 e. The summed E-state index contributed by atoms with van der Waals surface area (Å²) >= 11 is 0. The van der Waals surface area contributed by atoms with Crippen LogP contribution in [0.1, 0.15) is 5.56 Å². The molecule has 2 nitrogen and oxygen atoms in total. The molecule has 0 aliphatic heterocycles. The molecule has 0 aliphatic carbocycles. The molecule has 72 valence electrons. The van der Waals surface area contributed by atoms with Gasteiger partial charge in [0.1, 0.15) is 5.03 Å². The fraction of sp³-hybridized carbons (Fsp3) is 0.182. The lowest BCUT2D eigenvalue weighted by Crippen LogP contribution is -1.94. The minimum atomic E-state index is -1.01. The topological polar surface area (TPSA) is 30.0 Å². The third-order valence-corrected chi connectivity index (χ3v) is 2.99. The summed E-state index contributed by atoms with van der Waals surface area (Å²) < 4.78 is 11.3. The zero-order chi connectivity index (χ0) is 10.1. The molecule has 14 heavy (non-hydrogen) atoms. The molecule has 1 heterocycles. The second-order valence-corrected chi connectivity index (χ2v) is 4.58. The number of fused-ring (bicyclic) bond motifs is 1. The van der Waals surface area contributed by atoms with Crippen molar-refractivity contribution in [3.63, 3.8) is 0 Å². The van der Waals surface area contributed by atoms with Crippen molar-refractivity contribution in [2.75, 3.05) is 6.26 Å². The van der Waals surface area contributed by atoms with Crippen molar-refractivity contribution < 1.29 is 4.21 Å². The highest BCUT2D eigenvalue weighted by molar-refractivity contribution is 7.84. The average Bonchev–Trinajstić information content (AvgIpc) is 2.17. The van der Waals surface area contributed by atoms with Crippen LogP contribution in [0.5, 0.6) is 0 Å². The summed E-state index contributed by atoms with van der Waals surface area (Å²) in [4.78, 5) is 4.34. The van der Waals surface area contributed by atoms with Crippen molar-refractivity contribution >= 4 is 21.7 Å².